The second kappa shape index (κ2) is 7.05. The van der Waals surface area contributed by atoms with Crippen LogP contribution in [0.2, 0.25) is 0 Å². The van der Waals surface area contributed by atoms with E-state index in [4.69, 9.17) is 9.84 Å². The first kappa shape index (κ1) is 16.7. The predicted molar refractivity (Wildman–Crippen MR) is 85.2 cm³/mol. The third-order valence-electron chi connectivity index (χ3n) is 3.96. The van der Waals surface area contributed by atoms with E-state index in [0.29, 0.717) is 12.3 Å². The van der Waals surface area contributed by atoms with E-state index < -0.39 is 18.0 Å². The first-order chi connectivity index (χ1) is 10.4. The summed E-state index contributed by atoms with van der Waals surface area (Å²) in [6.07, 6.45) is 1.37. The van der Waals surface area contributed by atoms with E-state index in [1.54, 1.807) is 23.6 Å². The normalized spacial score (nSPS) is 22.4. The molecule has 1 aromatic rings. The van der Waals surface area contributed by atoms with Gasteiger partial charge in [-0.3, -0.25) is 9.59 Å². The van der Waals surface area contributed by atoms with Crippen molar-refractivity contribution in [1.29, 1.82) is 0 Å². The number of aliphatic carboxylic acids is 1. The molecule has 0 spiro atoms. The Morgan fingerprint density at radius 1 is 1.32 bits per heavy atom. The number of thioether (sulfide) groups is 1. The third-order valence-corrected chi connectivity index (χ3v) is 4.70. The number of amides is 1. The van der Waals surface area contributed by atoms with E-state index in [-0.39, 0.29) is 18.4 Å². The monoisotopic (exact) mass is 323 g/mol. The molecule has 1 aromatic carbocycles. The van der Waals surface area contributed by atoms with Crippen LogP contribution in [0.1, 0.15) is 13.8 Å². The van der Waals surface area contributed by atoms with Gasteiger partial charge in [0.05, 0.1) is 5.92 Å². The summed E-state index contributed by atoms with van der Waals surface area (Å²) < 4.78 is 5.67. The molecule has 1 aliphatic heterocycles. The molecule has 0 saturated carbocycles. The average molecular weight is 323 g/mol. The fourth-order valence-electron chi connectivity index (χ4n) is 2.63. The van der Waals surface area contributed by atoms with E-state index in [1.165, 1.54) is 0 Å². The SMILES string of the molecule is CSc1ccc(OC(C)C(=O)N2C[C@@H](C)[C@H](C(=O)O)C2)cc1. The van der Waals surface area contributed by atoms with Crippen molar-refractivity contribution in [2.24, 2.45) is 11.8 Å². The molecule has 5 nitrogen and oxygen atoms in total. The number of carbonyl (C=O) groups excluding carboxylic acids is 1. The molecule has 3 atom stereocenters. The highest BCUT2D eigenvalue weighted by Crippen LogP contribution is 2.25. The first-order valence-electron chi connectivity index (χ1n) is 7.24. The summed E-state index contributed by atoms with van der Waals surface area (Å²) in [4.78, 5) is 26.2. The Kier molecular flexibility index (Phi) is 5.34. The highest BCUT2D eigenvalue weighted by molar-refractivity contribution is 7.98. The smallest absolute Gasteiger partial charge is 0.308 e. The van der Waals surface area contributed by atoms with Crippen molar-refractivity contribution in [3.63, 3.8) is 0 Å². The van der Waals surface area contributed by atoms with Crippen LogP contribution < -0.4 is 4.74 Å². The van der Waals surface area contributed by atoms with Gasteiger partial charge in [0.2, 0.25) is 0 Å². The highest BCUT2D eigenvalue weighted by atomic mass is 32.2. The van der Waals surface area contributed by atoms with Gasteiger partial charge in [-0.25, -0.2) is 0 Å². The van der Waals surface area contributed by atoms with Gasteiger partial charge in [-0.1, -0.05) is 6.92 Å². The Balaban J connectivity index is 1.96. The number of benzene rings is 1. The second-order valence-electron chi connectivity index (χ2n) is 5.60. The number of carboxylic acids is 1. The molecule has 0 aromatic heterocycles. The van der Waals surface area contributed by atoms with Crippen LogP contribution >= 0.6 is 11.8 Å². The van der Waals surface area contributed by atoms with E-state index in [1.807, 2.05) is 37.4 Å². The number of likely N-dealkylation sites (tertiary alicyclic amines) is 1. The minimum Gasteiger partial charge on any atom is -0.481 e. The minimum atomic E-state index is -0.843. The van der Waals surface area contributed by atoms with Gasteiger partial charge in [0.25, 0.3) is 5.91 Å². The minimum absolute atomic E-state index is 0.0329. The molecule has 1 aliphatic rings. The fourth-order valence-corrected chi connectivity index (χ4v) is 3.04. The molecule has 0 bridgehead atoms. The van der Waals surface area contributed by atoms with E-state index in [2.05, 4.69) is 0 Å². The Morgan fingerprint density at radius 2 is 1.95 bits per heavy atom. The molecule has 1 amide bonds. The standard InChI is InChI=1S/C16H21NO4S/c1-10-8-17(9-14(10)16(19)20)15(18)11(2)21-12-4-6-13(22-3)7-5-12/h4-7,10-11,14H,8-9H2,1-3H3,(H,19,20)/t10-,11?,14-/m1/s1. The van der Waals surface area contributed by atoms with Crippen LogP contribution in [0.4, 0.5) is 0 Å². The summed E-state index contributed by atoms with van der Waals surface area (Å²) in [5.74, 6) is -0.888. The molecule has 120 valence electrons. The Labute approximate surface area is 134 Å². The Morgan fingerprint density at radius 3 is 2.45 bits per heavy atom. The number of ether oxygens (including phenoxy) is 1. The van der Waals surface area contributed by atoms with Gasteiger partial charge >= 0.3 is 5.97 Å². The zero-order valence-corrected chi connectivity index (χ0v) is 13.8. The maximum absolute atomic E-state index is 12.4. The summed E-state index contributed by atoms with van der Waals surface area (Å²) >= 11 is 1.64. The number of carbonyl (C=O) groups is 2. The summed E-state index contributed by atoms with van der Waals surface area (Å²) in [7, 11) is 0. The predicted octanol–water partition coefficient (Wildman–Crippen LogP) is 2.35. The van der Waals surface area contributed by atoms with E-state index >= 15 is 0 Å². The summed E-state index contributed by atoms with van der Waals surface area (Å²) in [5, 5.41) is 9.14. The average Bonchev–Trinajstić information content (AvgIpc) is 2.89. The van der Waals surface area contributed by atoms with E-state index in [9.17, 15) is 9.59 Å². The van der Waals surface area contributed by atoms with Gasteiger partial charge in [0.1, 0.15) is 5.75 Å². The zero-order chi connectivity index (χ0) is 16.3. The summed E-state index contributed by atoms with van der Waals surface area (Å²) in [6.45, 7) is 4.28. The van der Waals surface area contributed by atoms with Gasteiger partial charge in [-0.15, -0.1) is 11.8 Å². The van der Waals surface area contributed by atoms with Crippen LogP contribution in [0, 0.1) is 11.8 Å². The van der Waals surface area contributed by atoms with Crippen molar-refractivity contribution in [2.45, 2.75) is 24.8 Å². The van der Waals surface area contributed by atoms with Gasteiger partial charge in [-0.05, 0) is 43.4 Å². The molecule has 1 heterocycles. The third kappa shape index (κ3) is 3.74. The second-order valence-corrected chi connectivity index (χ2v) is 6.48. The molecular formula is C16H21NO4S. The Hall–Kier alpha value is -1.69. The van der Waals surface area contributed by atoms with Crippen LogP contribution in [0.3, 0.4) is 0 Å². The highest BCUT2D eigenvalue weighted by Gasteiger charge is 2.38. The number of nitrogens with zero attached hydrogens (tertiary/aromatic N) is 1. The van der Waals surface area contributed by atoms with Crippen molar-refractivity contribution in [2.75, 3.05) is 19.3 Å². The molecule has 1 fully saturated rings. The lowest BCUT2D eigenvalue weighted by molar-refractivity contribution is -0.142. The first-order valence-corrected chi connectivity index (χ1v) is 8.47. The quantitative estimate of drug-likeness (QED) is 0.843. The zero-order valence-electron chi connectivity index (χ0n) is 13.0. The van der Waals surface area contributed by atoms with E-state index in [0.717, 1.165) is 4.90 Å². The molecular weight excluding hydrogens is 302 g/mol. The number of rotatable bonds is 5. The van der Waals surface area contributed by atoms with Crippen molar-refractivity contribution in [1.82, 2.24) is 4.90 Å². The van der Waals surface area contributed by atoms with Gasteiger partial charge < -0.3 is 14.7 Å². The maximum atomic E-state index is 12.4. The van der Waals surface area contributed by atoms with Crippen molar-refractivity contribution < 1.29 is 19.4 Å². The molecule has 1 saturated heterocycles. The molecule has 1 unspecified atom stereocenters. The van der Waals surface area contributed by atoms with Crippen LogP contribution in [0.25, 0.3) is 0 Å². The van der Waals surface area contributed by atoms with Crippen molar-refractivity contribution in [3.05, 3.63) is 24.3 Å². The van der Waals surface area contributed by atoms with Crippen LogP contribution in [0.15, 0.2) is 29.2 Å². The van der Waals surface area contributed by atoms with Gasteiger partial charge in [0.15, 0.2) is 6.10 Å². The number of hydrogen-bond acceptors (Lipinski definition) is 4. The lowest BCUT2D eigenvalue weighted by Crippen LogP contribution is -2.39. The number of carboxylic acid groups (broad SMARTS) is 1. The topological polar surface area (TPSA) is 66.8 Å². The molecule has 6 heteroatoms. The number of hydrogen-bond donors (Lipinski definition) is 1. The largest absolute Gasteiger partial charge is 0.481 e. The molecule has 22 heavy (non-hydrogen) atoms. The molecule has 1 N–H and O–H groups in total. The lowest BCUT2D eigenvalue weighted by Gasteiger charge is -2.21. The summed E-state index contributed by atoms with van der Waals surface area (Å²) in [5.41, 5.74) is 0. The van der Waals surface area contributed by atoms with Crippen LogP contribution in [0.5, 0.6) is 5.75 Å². The van der Waals surface area contributed by atoms with Crippen LogP contribution in [-0.2, 0) is 9.59 Å². The lowest BCUT2D eigenvalue weighted by atomic mass is 9.99. The van der Waals surface area contributed by atoms with Crippen molar-refractivity contribution >= 4 is 23.6 Å². The van der Waals surface area contributed by atoms with Crippen LogP contribution in [-0.4, -0.2) is 47.3 Å². The maximum Gasteiger partial charge on any atom is 0.308 e. The Bertz CT molecular complexity index is 546. The fraction of sp³-hybridized carbons (Fsp3) is 0.500. The van der Waals surface area contributed by atoms with Gasteiger partial charge in [-0.2, -0.15) is 0 Å². The molecule has 0 radical (unpaired) electrons. The van der Waals surface area contributed by atoms with Gasteiger partial charge in [0, 0.05) is 18.0 Å². The molecule has 2 rings (SSSR count). The summed E-state index contributed by atoms with van der Waals surface area (Å²) in [6, 6.07) is 7.55. The van der Waals surface area contributed by atoms with Crippen molar-refractivity contribution in [3.8, 4) is 5.75 Å². The molecule has 0 aliphatic carbocycles.